The molecule has 0 spiro atoms. The lowest BCUT2D eigenvalue weighted by molar-refractivity contribution is -0.112. The Morgan fingerprint density at radius 2 is 2.10 bits per heavy atom. The number of hydrogen-bond donors (Lipinski definition) is 2. The van der Waals surface area contributed by atoms with Crippen molar-refractivity contribution in [3.63, 3.8) is 0 Å². The van der Waals surface area contributed by atoms with Crippen molar-refractivity contribution in [2.45, 2.75) is 57.4 Å². The number of aldehydes is 1. The zero-order valence-electron chi connectivity index (χ0n) is 16.1. The minimum Gasteiger partial charge on any atom is -0.318 e. The maximum atomic E-state index is 14.1. The number of H-pyrrole nitrogens is 1. The van der Waals surface area contributed by atoms with Crippen LogP contribution in [0.3, 0.4) is 0 Å². The molecule has 2 N–H and O–H groups in total. The van der Waals surface area contributed by atoms with Crippen LogP contribution in [0.4, 0.5) is 14.5 Å². The van der Waals surface area contributed by atoms with Crippen molar-refractivity contribution in [1.29, 1.82) is 0 Å². The Morgan fingerprint density at radius 3 is 2.83 bits per heavy atom. The van der Waals surface area contributed by atoms with E-state index in [1.54, 1.807) is 19.3 Å². The molecule has 3 aliphatic rings. The first-order valence-electron chi connectivity index (χ1n) is 10.1. The fourth-order valence-corrected chi connectivity index (χ4v) is 5.09. The van der Waals surface area contributed by atoms with Gasteiger partial charge in [-0.1, -0.05) is 6.92 Å². The normalized spacial score (nSPS) is 32.2. The first-order valence-corrected chi connectivity index (χ1v) is 10.1. The molecule has 0 saturated heterocycles. The standard InChI is InChI=1S/C20H23F2N5O2/c1-19-7-15-14(6-16(19)20(19,21)22)17(26-25-15)18(29)24-12-8-23-27(9-12)13-4-2-11(10-28)3-5-13/h8-11,13,16H,2-7H2,1H3,(H,24,29)(H,25,26)/t11?,13?,16-,19+/m0/s1. The minimum atomic E-state index is -2.69. The largest absolute Gasteiger partial charge is 0.318 e. The maximum absolute atomic E-state index is 14.1. The number of aromatic amines is 1. The molecule has 2 fully saturated rings. The first-order chi connectivity index (χ1) is 13.8. The van der Waals surface area contributed by atoms with Gasteiger partial charge in [-0.15, -0.1) is 0 Å². The highest BCUT2D eigenvalue weighted by atomic mass is 19.3. The average Bonchev–Trinajstić information content (AvgIpc) is 3.15. The van der Waals surface area contributed by atoms with E-state index in [2.05, 4.69) is 20.6 Å². The van der Waals surface area contributed by atoms with Gasteiger partial charge in [0.15, 0.2) is 5.69 Å². The molecule has 1 amide bonds. The number of fused-ring (bicyclic) bond motifs is 2. The molecule has 0 bridgehead atoms. The molecule has 0 aliphatic heterocycles. The summed E-state index contributed by atoms with van der Waals surface area (Å²) in [4.78, 5) is 23.6. The second kappa shape index (κ2) is 6.21. The highest BCUT2D eigenvalue weighted by molar-refractivity contribution is 6.04. The van der Waals surface area contributed by atoms with Crippen molar-refractivity contribution in [2.24, 2.45) is 17.3 Å². The van der Waals surface area contributed by atoms with Crippen molar-refractivity contribution in [3.05, 3.63) is 29.3 Å². The van der Waals surface area contributed by atoms with Gasteiger partial charge in [-0.3, -0.25) is 14.6 Å². The van der Waals surface area contributed by atoms with Crippen LogP contribution in [-0.2, 0) is 17.6 Å². The summed E-state index contributed by atoms with van der Waals surface area (Å²) in [5.74, 6) is -3.70. The van der Waals surface area contributed by atoms with Crippen LogP contribution >= 0.6 is 0 Å². The number of alkyl halides is 2. The number of anilines is 1. The first kappa shape index (κ1) is 18.4. The summed E-state index contributed by atoms with van der Waals surface area (Å²) >= 11 is 0. The van der Waals surface area contributed by atoms with Gasteiger partial charge < -0.3 is 10.1 Å². The van der Waals surface area contributed by atoms with Gasteiger partial charge in [0, 0.05) is 41.1 Å². The number of halogens is 2. The predicted octanol–water partition coefficient (Wildman–Crippen LogP) is 3.16. The van der Waals surface area contributed by atoms with E-state index >= 15 is 0 Å². The van der Waals surface area contributed by atoms with E-state index in [0.29, 0.717) is 16.9 Å². The lowest BCUT2D eigenvalue weighted by atomic mass is 9.87. The SMILES string of the molecule is C[C@@]12Cc3[nH]nc(C(=O)Nc4cnn(C5CCC(C=O)CC5)c4)c3C[C@@H]1C2(F)F. The van der Waals surface area contributed by atoms with Crippen molar-refractivity contribution in [1.82, 2.24) is 20.0 Å². The Kier molecular flexibility index (Phi) is 3.95. The molecular weight excluding hydrogens is 380 g/mol. The van der Waals surface area contributed by atoms with E-state index in [9.17, 15) is 18.4 Å². The van der Waals surface area contributed by atoms with Crippen LogP contribution < -0.4 is 5.32 Å². The summed E-state index contributed by atoms with van der Waals surface area (Å²) < 4.78 is 30.0. The van der Waals surface area contributed by atoms with Gasteiger partial charge in [-0.2, -0.15) is 10.2 Å². The van der Waals surface area contributed by atoms with Crippen LogP contribution in [-0.4, -0.2) is 38.1 Å². The van der Waals surface area contributed by atoms with E-state index in [1.807, 2.05) is 4.68 Å². The summed E-state index contributed by atoms with van der Waals surface area (Å²) in [6.45, 7) is 1.60. The number of rotatable bonds is 4. The second-order valence-corrected chi connectivity index (χ2v) is 8.87. The van der Waals surface area contributed by atoms with Gasteiger partial charge in [0.2, 0.25) is 0 Å². The number of nitrogens with zero attached hydrogens (tertiary/aromatic N) is 3. The fourth-order valence-electron chi connectivity index (χ4n) is 5.09. The van der Waals surface area contributed by atoms with Gasteiger partial charge in [0.05, 0.1) is 17.9 Å². The molecule has 2 aromatic rings. The van der Waals surface area contributed by atoms with E-state index in [1.165, 1.54) is 0 Å². The summed E-state index contributed by atoms with van der Waals surface area (Å²) in [5, 5.41) is 14.0. The monoisotopic (exact) mass is 403 g/mol. The molecule has 0 unspecified atom stereocenters. The predicted molar refractivity (Wildman–Crippen MR) is 99.8 cm³/mol. The molecule has 2 atom stereocenters. The molecule has 154 valence electrons. The van der Waals surface area contributed by atoms with Gasteiger partial charge in [-0.25, -0.2) is 8.78 Å². The Bertz CT molecular complexity index is 975. The Morgan fingerprint density at radius 1 is 1.34 bits per heavy atom. The molecule has 3 aliphatic carbocycles. The van der Waals surface area contributed by atoms with Gasteiger partial charge in [0.25, 0.3) is 11.8 Å². The van der Waals surface area contributed by atoms with Crippen LogP contribution in [0, 0.1) is 17.3 Å². The van der Waals surface area contributed by atoms with Crippen LogP contribution in [0.15, 0.2) is 12.4 Å². The van der Waals surface area contributed by atoms with Crippen molar-refractivity contribution in [2.75, 3.05) is 5.32 Å². The van der Waals surface area contributed by atoms with E-state index < -0.39 is 23.2 Å². The number of nitrogens with one attached hydrogen (secondary N) is 2. The Balaban J connectivity index is 1.27. The molecule has 29 heavy (non-hydrogen) atoms. The molecule has 2 saturated carbocycles. The molecule has 7 nitrogen and oxygen atoms in total. The number of hydrogen-bond acceptors (Lipinski definition) is 4. The quantitative estimate of drug-likeness (QED) is 0.767. The molecule has 5 rings (SSSR count). The van der Waals surface area contributed by atoms with Gasteiger partial charge in [0.1, 0.15) is 6.29 Å². The molecule has 0 aromatic carbocycles. The molecule has 9 heteroatoms. The highest BCUT2D eigenvalue weighted by Gasteiger charge is 2.78. The van der Waals surface area contributed by atoms with Gasteiger partial charge >= 0.3 is 0 Å². The summed E-state index contributed by atoms with van der Waals surface area (Å²) in [6, 6.07) is 0.213. The molecule has 2 heterocycles. The second-order valence-electron chi connectivity index (χ2n) is 8.87. The third-order valence-electron chi connectivity index (χ3n) is 7.17. The lowest BCUT2D eigenvalue weighted by Gasteiger charge is -2.25. The Hall–Kier alpha value is -2.58. The highest BCUT2D eigenvalue weighted by Crippen LogP contribution is 2.70. The van der Waals surface area contributed by atoms with Crippen LogP contribution in [0.1, 0.15) is 60.4 Å². The van der Waals surface area contributed by atoms with Crippen LogP contribution in [0.5, 0.6) is 0 Å². The number of aromatic nitrogens is 4. The summed E-state index contributed by atoms with van der Waals surface area (Å²) in [7, 11) is 0. The number of carbonyl (C=O) groups excluding carboxylic acids is 2. The maximum Gasteiger partial charge on any atom is 0.276 e. The zero-order valence-corrected chi connectivity index (χ0v) is 16.1. The van der Waals surface area contributed by atoms with E-state index in [-0.39, 0.29) is 30.5 Å². The van der Waals surface area contributed by atoms with Crippen LogP contribution in [0.25, 0.3) is 0 Å². The summed E-state index contributed by atoms with van der Waals surface area (Å²) in [5.41, 5.74) is 0.936. The topological polar surface area (TPSA) is 92.7 Å². The average molecular weight is 403 g/mol. The fraction of sp³-hybridized carbons (Fsp3) is 0.600. The van der Waals surface area contributed by atoms with Crippen molar-refractivity contribution in [3.8, 4) is 0 Å². The van der Waals surface area contributed by atoms with Crippen molar-refractivity contribution >= 4 is 17.9 Å². The van der Waals surface area contributed by atoms with Crippen LogP contribution in [0.2, 0.25) is 0 Å². The molecular formula is C20H23F2N5O2. The molecule has 0 radical (unpaired) electrons. The minimum absolute atomic E-state index is 0.132. The van der Waals surface area contributed by atoms with Gasteiger partial charge in [-0.05, 0) is 32.1 Å². The number of carbonyl (C=O) groups is 2. The third-order valence-corrected chi connectivity index (χ3v) is 7.17. The van der Waals surface area contributed by atoms with E-state index in [0.717, 1.165) is 32.0 Å². The Labute approximate surface area is 166 Å². The molecule has 2 aromatic heterocycles. The summed E-state index contributed by atoms with van der Waals surface area (Å²) in [6.07, 6.45) is 8.19. The van der Waals surface area contributed by atoms with E-state index in [4.69, 9.17) is 0 Å². The number of amides is 1. The zero-order chi connectivity index (χ0) is 20.4. The van der Waals surface area contributed by atoms with Crippen molar-refractivity contribution < 1.29 is 18.4 Å². The third kappa shape index (κ3) is 2.73. The smallest absolute Gasteiger partial charge is 0.276 e. The lowest BCUT2D eigenvalue weighted by Crippen LogP contribution is -2.19.